The molecule has 0 unspecified atom stereocenters. The second kappa shape index (κ2) is 10.7. The van der Waals surface area contributed by atoms with E-state index in [-0.39, 0.29) is 30.4 Å². The summed E-state index contributed by atoms with van der Waals surface area (Å²) in [5, 5.41) is 2.61. The Balaban J connectivity index is 2.07. The molecular formula is C22H22F5N3O2. The van der Waals surface area contributed by atoms with Gasteiger partial charge >= 0.3 is 6.18 Å². The van der Waals surface area contributed by atoms with E-state index in [1.165, 1.54) is 18.3 Å². The zero-order valence-corrected chi connectivity index (χ0v) is 17.3. The van der Waals surface area contributed by atoms with Crippen LogP contribution in [0.4, 0.5) is 22.0 Å². The van der Waals surface area contributed by atoms with Gasteiger partial charge in [-0.15, -0.1) is 0 Å². The fourth-order valence-electron chi connectivity index (χ4n) is 2.55. The largest absolute Gasteiger partial charge is 0.493 e. The zero-order valence-electron chi connectivity index (χ0n) is 17.3. The third-order valence-electron chi connectivity index (χ3n) is 4.04. The summed E-state index contributed by atoms with van der Waals surface area (Å²) in [5.74, 6) is -3.52. The third kappa shape index (κ3) is 7.07. The highest BCUT2D eigenvalue weighted by molar-refractivity contribution is 6.06. The van der Waals surface area contributed by atoms with Crippen molar-refractivity contribution in [2.75, 3.05) is 6.61 Å². The maximum absolute atomic E-state index is 13.6. The molecule has 1 amide bonds. The Morgan fingerprint density at radius 2 is 1.84 bits per heavy atom. The van der Waals surface area contributed by atoms with Crippen LogP contribution in [0.15, 0.2) is 53.7 Å². The van der Waals surface area contributed by atoms with Gasteiger partial charge in [0.15, 0.2) is 0 Å². The van der Waals surface area contributed by atoms with E-state index in [1.807, 2.05) is 13.8 Å². The highest BCUT2D eigenvalue weighted by atomic mass is 19.4. The summed E-state index contributed by atoms with van der Waals surface area (Å²) in [6, 6.07) is 6.56. The van der Waals surface area contributed by atoms with Crippen molar-refractivity contribution in [3.05, 3.63) is 77.0 Å². The van der Waals surface area contributed by atoms with Crippen molar-refractivity contribution in [3.63, 3.8) is 0 Å². The smallest absolute Gasteiger partial charge is 0.416 e. The Labute approximate surface area is 181 Å². The number of aliphatic imine (C=N–C) groups is 1. The number of amidine groups is 1. The summed E-state index contributed by atoms with van der Waals surface area (Å²) >= 11 is 0. The van der Waals surface area contributed by atoms with Crippen LogP contribution in [0, 0.1) is 17.6 Å². The Kier molecular flexibility index (Phi) is 8.34. The molecule has 0 radical (unpaired) electrons. The first-order chi connectivity index (χ1) is 15.0. The van der Waals surface area contributed by atoms with E-state index in [0.717, 1.165) is 30.3 Å². The van der Waals surface area contributed by atoms with Gasteiger partial charge in [0.2, 0.25) is 0 Å². The zero-order chi connectivity index (χ0) is 23.9. The van der Waals surface area contributed by atoms with Gasteiger partial charge in [0.1, 0.15) is 28.8 Å². The van der Waals surface area contributed by atoms with Crippen LogP contribution in [0.25, 0.3) is 0 Å². The number of hydrogen-bond acceptors (Lipinski definition) is 3. The fourth-order valence-corrected chi connectivity index (χ4v) is 2.55. The first kappa shape index (κ1) is 24.8. The number of halogens is 5. The van der Waals surface area contributed by atoms with E-state index in [0.29, 0.717) is 0 Å². The average molecular weight is 455 g/mol. The summed E-state index contributed by atoms with van der Waals surface area (Å²) in [6.45, 7) is 3.83. The second-order valence-corrected chi connectivity index (χ2v) is 7.17. The van der Waals surface area contributed by atoms with E-state index in [1.54, 1.807) is 0 Å². The van der Waals surface area contributed by atoms with Gasteiger partial charge in [0.05, 0.1) is 12.2 Å². The summed E-state index contributed by atoms with van der Waals surface area (Å²) in [7, 11) is 0. The number of nitrogens with zero attached hydrogens (tertiary/aromatic N) is 1. The van der Waals surface area contributed by atoms with Crippen molar-refractivity contribution in [1.82, 2.24) is 5.32 Å². The number of ether oxygens (including phenoxy) is 1. The molecule has 3 N–H and O–H groups in total. The topological polar surface area (TPSA) is 76.7 Å². The molecule has 172 valence electrons. The lowest BCUT2D eigenvalue weighted by Gasteiger charge is -2.16. The molecule has 0 aromatic heterocycles. The van der Waals surface area contributed by atoms with E-state index in [4.69, 9.17) is 10.5 Å². The number of rotatable bonds is 8. The minimum atomic E-state index is -4.59. The van der Waals surface area contributed by atoms with E-state index in [9.17, 15) is 26.7 Å². The van der Waals surface area contributed by atoms with Crippen LogP contribution in [0.5, 0.6) is 5.75 Å². The SMILES string of the molecule is CC(C)COc1ccc(CN/C=C\C(N)=NC(=O)c2c(F)cccc2F)c(C(F)(F)F)c1. The highest BCUT2D eigenvalue weighted by Gasteiger charge is 2.33. The van der Waals surface area contributed by atoms with Crippen molar-refractivity contribution < 1.29 is 31.5 Å². The van der Waals surface area contributed by atoms with Crippen LogP contribution in [-0.4, -0.2) is 18.3 Å². The van der Waals surface area contributed by atoms with Gasteiger partial charge in [-0.25, -0.2) is 8.78 Å². The first-order valence-corrected chi connectivity index (χ1v) is 9.54. The number of carbonyl (C=O) groups is 1. The molecule has 2 rings (SSSR count). The van der Waals surface area contributed by atoms with Crippen LogP contribution in [0.1, 0.15) is 35.3 Å². The third-order valence-corrected chi connectivity index (χ3v) is 4.04. The van der Waals surface area contributed by atoms with Gasteiger partial charge in [-0.1, -0.05) is 26.0 Å². The maximum atomic E-state index is 13.6. The summed E-state index contributed by atoms with van der Waals surface area (Å²) < 4.78 is 72.7. The number of benzene rings is 2. The summed E-state index contributed by atoms with van der Waals surface area (Å²) in [5.41, 5.74) is 3.78. The van der Waals surface area contributed by atoms with Gasteiger partial charge in [-0.3, -0.25) is 4.79 Å². The molecule has 2 aromatic carbocycles. The Hall–Kier alpha value is -3.43. The summed E-state index contributed by atoms with van der Waals surface area (Å²) in [6.07, 6.45) is -2.33. The number of nitrogens with one attached hydrogen (secondary N) is 1. The quantitative estimate of drug-likeness (QED) is 0.340. The lowest BCUT2D eigenvalue weighted by molar-refractivity contribution is -0.138. The van der Waals surface area contributed by atoms with E-state index in [2.05, 4.69) is 10.3 Å². The molecule has 0 aliphatic carbocycles. The minimum absolute atomic E-state index is 0.0425. The molecule has 0 saturated heterocycles. The van der Waals surface area contributed by atoms with Crippen LogP contribution in [0.2, 0.25) is 0 Å². The molecule has 0 spiro atoms. The van der Waals surface area contributed by atoms with Crippen LogP contribution >= 0.6 is 0 Å². The molecule has 0 aliphatic heterocycles. The molecule has 0 atom stereocenters. The molecule has 0 heterocycles. The standard InChI is InChI=1S/C22H22F5N3O2/c1-13(2)12-32-15-7-6-14(16(10-15)22(25,26)27)11-29-9-8-19(28)30-21(31)20-17(23)4-3-5-18(20)24/h3-10,13,29H,11-12H2,1-2H3,(H2,28,30,31)/b9-8-. The van der Waals surface area contributed by atoms with Crippen LogP contribution in [0.3, 0.4) is 0 Å². The normalized spacial score (nSPS) is 12.4. The molecule has 0 fully saturated rings. The van der Waals surface area contributed by atoms with Gasteiger partial charge in [0.25, 0.3) is 5.91 Å². The molecule has 0 bridgehead atoms. The molecule has 0 saturated carbocycles. The number of hydrogen-bond donors (Lipinski definition) is 2. The van der Waals surface area contributed by atoms with Gasteiger partial charge < -0.3 is 15.8 Å². The average Bonchev–Trinajstić information content (AvgIpc) is 2.69. The fraction of sp³-hybridized carbons (Fsp3) is 0.273. The molecule has 5 nitrogen and oxygen atoms in total. The predicted molar refractivity (Wildman–Crippen MR) is 110 cm³/mol. The number of nitrogens with two attached hydrogens (primary N) is 1. The predicted octanol–water partition coefficient (Wildman–Crippen LogP) is 4.82. The van der Waals surface area contributed by atoms with Crippen molar-refractivity contribution in [2.45, 2.75) is 26.6 Å². The van der Waals surface area contributed by atoms with Gasteiger partial charge in [0, 0.05) is 12.7 Å². The summed E-state index contributed by atoms with van der Waals surface area (Å²) in [4.78, 5) is 15.3. The highest BCUT2D eigenvalue weighted by Crippen LogP contribution is 2.34. The Morgan fingerprint density at radius 1 is 1.19 bits per heavy atom. The monoisotopic (exact) mass is 455 g/mol. The Morgan fingerprint density at radius 3 is 2.44 bits per heavy atom. The first-order valence-electron chi connectivity index (χ1n) is 9.54. The van der Waals surface area contributed by atoms with Crippen LogP contribution < -0.4 is 15.8 Å². The lowest BCUT2D eigenvalue weighted by atomic mass is 10.1. The van der Waals surface area contributed by atoms with E-state index >= 15 is 0 Å². The Bertz CT molecular complexity index is 997. The second-order valence-electron chi connectivity index (χ2n) is 7.17. The minimum Gasteiger partial charge on any atom is -0.493 e. The molecule has 32 heavy (non-hydrogen) atoms. The number of alkyl halides is 3. The van der Waals surface area contributed by atoms with Crippen molar-refractivity contribution in [2.24, 2.45) is 16.6 Å². The molecule has 10 heteroatoms. The van der Waals surface area contributed by atoms with Gasteiger partial charge in [-0.05, 0) is 41.8 Å². The number of amides is 1. The molecule has 2 aromatic rings. The molecular weight excluding hydrogens is 433 g/mol. The van der Waals surface area contributed by atoms with Crippen molar-refractivity contribution >= 4 is 11.7 Å². The van der Waals surface area contributed by atoms with E-state index < -0.39 is 40.7 Å². The van der Waals surface area contributed by atoms with Crippen molar-refractivity contribution in [1.29, 1.82) is 0 Å². The van der Waals surface area contributed by atoms with Gasteiger partial charge in [-0.2, -0.15) is 18.2 Å². The lowest BCUT2D eigenvalue weighted by Crippen LogP contribution is -2.16. The maximum Gasteiger partial charge on any atom is 0.416 e. The van der Waals surface area contributed by atoms with Crippen LogP contribution in [-0.2, 0) is 12.7 Å². The van der Waals surface area contributed by atoms with Crippen molar-refractivity contribution in [3.8, 4) is 5.75 Å². The number of carbonyl (C=O) groups excluding carboxylic acids is 1. The molecule has 0 aliphatic rings.